The van der Waals surface area contributed by atoms with E-state index in [0.717, 1.165) is 19.6 Å². The van der Waals surface area contributed by atoms with Gasteiger partial charge in [-0.25, -0.2) is 0 Å². The van der Waals surface area contributed by atoms with Crippen molar-refractivity contribution in [1.29, 1.82) is 0 Å². The molecule has 0 saturated carbocycles. The van der Waals surface area contributed by atoms with Crippen LogP contribution < -0.4 is 0 Å². The van der Waals surface area contributed by atoms with Crippen LogP contribution in [-0.4, -0.2) is 13.2 Å². The van der Waals surface area contributed by atoms with Gasteiger partial charge in [-0.2, -0.15) is 0 Å². The second-order valence-electron chi connectivity index (χ2n) is 5.21. The number of hydrogen-bond acceptors (Lipinski definition) is 2. The summed E-state index contributed by atoms with van der Waals surface area (Å²) in [5, 5.41) is 3.68. The van der Waals surface area contributed by atoms with Crippen LogP contribution in [0.15, 0.2) is 28.1 Å². The van der Waals surface area contributed by atoms with Gasteiger partial charge in [-0.05, 0) is 56.6 Å². The van der Waals surface area contributed by atoms with Crippen LogP contribution in [0.4, 0.5) is 0 Å². The standard InChI is InChI=1S/C15H16Br2OS/c1-9-7-18-6-5-10(9)14(17)12-8-19-15-11(12)3-2-4-13(15)16/h2-4,8-10,14H,5-7H2,1H3. The highest BCUT2D eigenvalue weighted by molar-refractivity contribution is 9.10. The summed E-state index contributed by atoms with van der Waals surface area (Å²) in [6.07, 6.45) is 1.14. The molecule has 1 saturated heterocycles. The van der Waals surface area contributed by atoms with Crippen molar-refractivity contribution < 1.29 is 4.74 Å². The molecule has 3 rings (SSSR count). The number of fused-ring (bicyclic) bond motifs is 1. The van der Waals surface area contributed by atoms with Crippen LogP contribution >= 0.6 is 43.2 Å². The molecule has 1 fully saturated rings. The van der Waals surface area contributed by atoms with Crippen LogP contribution in [0.1, 0.15) is 23.7 Å². The van der Waals surface area contributed by atoms with E-state index in [1.165, 1.54) is 20.1 Å². The highest BCUT2D eigenvalue weighted by atomic mass is 79.9. The Kier molecular flexibility index (Phi) is 4.32. The lowest BCUT2D eigenvalue weighted by atomic mass is 9.84. The molecule has 0 N–H and O–H groups in total. The second-order valence-corrected chi connectivity index (χ2v) is 7.93. The monoisotopic (exact) mass is 402 g/mol. The predicted octanol–water partition coefficient (Wildman–Crippen LogP) is 5.77. The first kappa shape index (κ1) is 14.1. The quantitative estimate of drug-likeness (QED) is 0.578. The number of hydrogen-bond donors (Lipinski definition) is 0. The summed E-state index contributed by atoms with van der Waals surface area (Å²) in [6, 6.07) is 6.46. The zero-order valence-corrected chi connectivity index (χ0v) is 14.7. The van der Waals surface area contributed by atoms with E-state index in [-0.39, 0.29) is 0 Å². The number of ether oxygens (including phenoxy) is 1. The largest absolute Gasteiger partial charge is 0.381 e. The molecule has 3 atom stereocenters. The maximum Gasteiger partial charge on any atom is 0.0494 e. The molecule has 1 aromatic heterocycles. The van der Waals surface area contributed by atoms with E-state index in [1.54, 1.807) is 0 Å². The Balaban J connectivity index is 1.97. The Hall–Kier alpha value is 0.100. The first-order chi connectivity index (χ1) is 9.18. The van der Waals surface area contributed by atoms with Crippen LogP contribution in [0, 0.1) is 11.8 Å². The Morgan fingerprint density at radius 3 is 3.05 bits per heavy atom. The van der Waals surface area contributed by atoms with Gasteiger partial charge < -0.3 is 4.74 Å². The van der Waals surface area contributed by atoms with E-state index in [4.69, 9.17) is 4.74 Å². The first-order valence-corrected chi connectivity index (χ1v) is 9.14. The minimum Gasteiger partial charge on any atom is -0.381 e. The fraction of sp³-hybridized carbons (Fsp3) is 0.467. The van der Waals surface area contributed by atoms with Crippen LogP contribution in [0.3, 0.4) is 0 Å². The molecule has 3 unspecified atom stereocenters. The fourth-order valence-corrected chi connectivity index (χ4v) is 5.82. The summed E-state index contributed by atoms with van der Waals surface area (Å²) in [5.74, 6) is 1.27. The van der Waals surface area contributed by atoms with Gasteiger partial charge in [0, 0.05) is 27.2 Å². The van der Waals surface area contributed by atoms with Crippen molar-refractivity contribution in [1.82, 2.24) is 0 Å². The minimum absolute atomic E-state index is 0.425. The first-order valence-electron chi connectivity index (χ1n) is 6.56. The topological polar surface area (TPSA) is 9.23 Å². The van der Waals surface area contributed by atoms with E-state index in [2.05, 4.69) is 62.4 Å². The van der Waals surface area contributed by atoms with Crippen molar-refractivity contribution in [3.8, 4) is 0 Å². The van der Waals surface area contributed by atoms with E-state index in [1.807, 2.05) is 11.3 Å². The molecule has 4 heteroatoms. The lowest BCUT2D eigenvalue weighted by Gasteiger charge is -2.32. The molecule has 0 bridgehead atoms. The summed E-state index contributed by atoms with van der Waals surface area (Å²) < 4.78 is 8.10. The molecular formula is C15H16Br2OS. The van der Waals surface area contributed by atoms with Crippen LogP contribution in [0.25, 0.3) is 10.1 Å². The minimum atomic E-state index is 0.425. The maximum atomic E-state index is 5.56. The average Bonchev–Trinajstić information content (AvgIpc) is 2.84. The van der Waals surface area contributed by atoms with E-state index < -0.39 is 0 Å². The lowest BCUT2D eigenvalue weighted by molar-refractivity contribution is 0.0242. The molecule has 102 valence electrons. The van der Waals surface area contributed by atoms with Crippen LogP contribution in [0.2, 0.25) is 0 Å². The molecular weight excluding hydrogens is 388 g/mol. The molecule has 1 aliphatic heterocycles. The number of alkyl halides is 1. The molecule has 2 heterocycles. The number of halogens is 2. The molecule has 1 aliphatic rings. The van der Waals surface area contributed by atoms with Crippen molar-refractivity contribution in [2.75, 3.05) is 13.2 Å². The molecule has 0 radical (unpaired) electrons. The van der Waals surface area contributed by atoms with Crippen molar-refractivity contribution in [3.05, 3.63) is 33.6 Å². The molecule has 2 aromatic rings. The van der Waals surface area contributed by atoms with Gasteiger partial charge in [-0.3, -0.25) is 0 Å². The Bertz CT molecular complexity index is 581. The van der Waals surface area contributed by atoms with Gasteiger partial charge >= 0.3 is 0 Å². The maximum absolute atomic E-state index is 5.56. The third-order valence-electron chi connectivity index (χ3n) is 3.96. The zero-order valence-electron chi connectivity index (χ0n) is 10.7. The smallest absolute Gasteiger partial charge is 0.0494 e. The predicted molar refractivity (Wildman–Crippen MR) is 89.3 cm³/mol. The van der Waals surface area contributed by atoms with E-state index >= 15 is 0 Å². The summed E-state index contributed by atoms with van der Waals surface area (Å²) in [5.41, 5.74) is 1.43. The highest BCUT2D eigenvalue weighted by Gasteiger charge is 2.30. The van der Waals surface area contributed by atoms with Gasteiger partial charge in [-0.15, -0.1) is 11.3 Å². The fourth-order valence-electron chi connectivity index (χ4n) is 2.82. The Morgan fingerprint density at radius 2 is 2.26 bits per heavy atom. The second kappa shape index (κ2) is 5.84. The molecule has 0 aliphatic carbocycles. The molecule has 1 nitrogen and oxygen atoms in total. The molecule has 1 aromatic carbocycles. The van der Waals surface area contributed by atoms with Crippen molar-refractivity contribution in [2.45, 2.75) is 18.2 Å². The third kappa shape index (κ3) is 2.65. The van der Waals surface area contributed by atoms with Gasteiger partial charge in [0.1, 0.15) is 0 Å². The molecule has 0 spiro atoms. The summed E-state index contributed by atoms with van der Waals surface area (Å²) in [7, 11) is 0. The highest BCUT2D eigenvalue weighted by Crippen LogP contribution is 2.45. The van der Waals surface area contributed by atoms with Gasteiger partial charge in [0.05, 0.1) is 0 Å². The third-order valence-corrected chi connectivity index (χ3v) is 7.10. The Labute approximate surface area is 134 Å². The van der Waals surface area contributed by atoms with Crippen LogP contribution in [0.5, 0.6) is 0 Å². The molecule has 19 heavy (non-hydrogen) atoms. The van der Waals surface area contributed by atoms with E-state index in [9.17, 15) is 0 Å². The zero-order chi connectivity index (χ0) is 13.4. The van der Waals surface area contributed by atoms with Gasteiger partial charge in [0.15, 0.2) is 0 Å². The van der Waals surface area contributed by atoms with Gasteiger partial charge in [-0.1, -0.05) is 35.0 Å². The summed E-state index contributed by atoms with van der Waals surface area (Å²) in [4.78, 5) is 0.425. The number of rotatable bonds is 2. The van der Waals surface area contributed by atoms with Gasteiger partial charge in [0.2, 0.25) is 0 Å². The Morgan fingerprint density at radius 1 is 1.42 bits per heavy atom. The number of benzene rings is 1. The SMILES string of the molecule is CC1COCCC1C(Br)c1csc2c(Br)cccc12. The van der Waals surface area contributed by atoms with E-state index in [0.29, 0.717) is 16.7 Å². The van der Waals surface area contributed by atoms with Gasteiger partial charge in [0.25, 0.3) is 0 Å². The van der Waals surface area contributed by atoms with Crippen molar-refractivity contribution in [3.63, 3.8) is 0 Å². The summed E-state index contributed by atoms with van der Waals surface area (Å²) >= 11 is 9.42. The number of thiophene rings is 1. The van der Waals surface area contributed by atoms with Crippen molar-refractivity contribution >= 4 is 53.3 Å². The van der Waals surface area contributed by atoms with Crippen LogP contribution in [-0.2, 0) is 4.74 Å². The lowest BCUT2D eigenvalue weighted by Crippen LogP contribution is -2.27. The summed E-state index contributed by atoms with van der Waals surface area (Å²) in [6.45, 7) is 4.07. The normalized spacial score (nSPS) is 25.6. The molecule has 0 amide bonds. The van der Waals surface area contributed by atoms with Crippen molar-refractivity contribution in [2.24, 2.45) is 11.8 Å². The average molecular weight is 404 g/mol.